The van der Waals surface area contributed by atoms with Gasteiger partial charge in [-0.1, -0.05) is 73.1 Å². The molecular formula is C46H73IN8O7S. The number of nitrogens with zero attached hydrogens (tertiary/aromatic N) is 4. The van der Waals surface area contributed by atoms with Gasteiger partial charge < -0.3 is 39.9 Å². The summed E-state index contributed by atoms with van der Waals surface area (Å²) in [5, 5.41) is 9.00. The summed E-state index contributed by atoms with van der Waals surface area (Å²) in [5.41, 5.74) is 2.50. The summed E-state index contributed by atoms with van der Waals surface area (Å²) >= 11 is 2.16. The van der Waals surface area contributed by atoms with Crippen LogP contribution in [0.3, 0.4) is 0 Å². The molecule has 0 spiro atoms. The maximum Gasteiger partial charge on any atom is 0.245 e. The molecule has 17 heteroatoms. The Hall–Kier alpha value is -3.52. The van der Waals surface area contributed by atoms with Crippen LogP contribution in [-0.2, 0) is 46.4 Å². The molecule has 0 radical (unpaired) electrons. The Kier molecular flexibility index (Phi) is 22.6. The molecule has 1 aromatic heterocycles. The molecule has 2 aromatic rings. The van der Waals surface area contributed by atoms with Crippen LogP contribution in [0.5, 0.6) is 0 Å². The first-order valence-electron chi connectivity index (χ1n) is 22.1. The summed E-state index contributed by atoms with van der Waals surface area (Å²) in [6.45, 7) is 14.4. The van der Waals surface area contributed by atoms with Crippen molar-refractivity contribution in [3.05, 3.63) is 59.9 Å². The summed E-state index contributed by atoms with van der Waals surface area (Å²) in [7, 11) is 9.99. The molecule has 5 amide bonds. The number of pyridine rings is 1. The number of anilines is 1. The molecule has 3 rings (SSSR count). The second-order valence-electron chi connectivity index (χ2n) is 17.7. The number of likely N-dealkylation sites (tertiary alicyclic amines) is 1. The lowest BCUT2D eigenvalue weighted by atomic mass is 9.89. The number of halogens is 1. The number of hydrogen-bond acceptors (Lipinski definition) is 11. The normalized spacial score (nSPS) is 17.9. The summed E-state index contributed by atoms with van der Waals surface area (Å²) in [6, 6.07) is 10.2. The van der Waals surface area contributed by atoms with E-state index < -0.39 is 48.3 Å². The number of ether oxygens (including phenoxy) is 2. The molecule has 1 aliphatic heterocycles. The number of hydrogen-bond donors (Lipinski definition) is 4. The third-order valence-corrected chi connectivity index (χ3v) is 13.3. The van der Waals surface area contributed by atoms with E-state index in [1.165, 1.54) is 16.2 Å². The maximum atomic E-state index is 14.4. The molecule has 2 heterocycles. The standard InChI is InChI=1S/C46H73IN8O7S/c1-13-30(6)41(54(10)46(60)39(28(2)3)51-45(59)40(29(4)5)53(8)9)37(61-11)26-38(56)55-24-16-18-36(55)42(62-12)31(7)43(57)50-35(25-34-17-14-15-23-48-34)44(58)49-27-32-19-21-33(22-20-32)52-63-47/h14-15,17,19-23,28-31,35-37,39-42,52H,13,16,18,24-27H2,1-12H3,(H,49,58)(H,50,57)(H,51,59)/t30-,31+,35-,36-,37+,39-,40-,41-,42+/m0/s1. The molecule has 0 bridgehead atoms. The van der Waals surface area contributed by atoms with Crippen LogP contribution >= 0.6 is 30.3 Å². The summed E-state index contributed by atoms with van der Waals surface area (Å²) in [4.78, 5) is 79.8. The number of carbonyl (C=O) groups is 5. The van der Waals surface area contributed by atoms with E-state index in [2.05, 4.69) is 46.9 Å². The first kappa shape index (κ1) is 53.8. The van der Waals surface area contributed by atoms with Gasteiger partial charge in [0.15, 0.2) is 0 Å². The minimum absolute atomic E-state index is 0.00577. The van der Waals surface area contributed by atoms with Crippen LogP contribution in [0.15, 0.2) is 48.7 Å². The van der Waals surface area contributed by atoms with Gasteiger partial charge in [-0.25, -0.2) is 0 Å². The van der Waals surface area contributed by atoms with Crippen molar-refractivity contribution in [2.75, 3.05) is 46.6 Å². The van der Waals surface area contributed by atoms with Crippen LogP contribution < -0.4 is 20.7 Å². The zero-order valence-electron chi connectivity index (χ0n) is 39.4. The third kappa shape index (κ3) is 15.3. The smallest absolute Gasteiger partial charge is 0.245 e. The number of likely N-dealkylation sites (N-methyl/N-ethyl adjacent to an activating group) is 2. The van der Waals surface area contributed by atoms with Crippen LogP contribution in [0.25, 0.3) is 0 Å². The van der Waals surface area contributed by atoms with Crippen LogP contribution in [0, 0.1) is 23.7 Å². The van der Waals surface area contributed by atoms with E-state index in [9.17, 15) is 24.0 Å². The molecule has 9 atom stereocenters. The first-order chi connectivity index (χ1) is 29.9. The van der Waals surface area contributed by atoms with Gasteiger partial charge >= 0.3 is 0 Å². The highest BCUT2D eigenvalue weighted by Gasteiger charge is 2.43. The second-order valence-corrected chi connectivity index (χ2v) is 19.3. The Morgan fingerprint density at radius 1 is 0.905 bits per heavy atom. The predicted molar refractivity (Wildman–Crippen MR) is 259 cm³/mol. The second kappa shape index (κ2) is 26.4. The van der Waals surface area contributed by atoms with E-state index in [1.54, 1.807) is 43.1 Å². The topological polar surface area (TPSA) is 175 Å². The van der Waals surface area contributed by atoms with Crippen molar-refractivity contribution < 1.29 is 33.4 Å². The van der Waals surface area contributed by atoms with E-state index in [4.69, 9.17) is 9.47 Å². The highest BCUT2D eigenvalue weighted by atomic mass is 127. The Morgan fingerprint density at radius 2 is 1.59 bits per heavy atom. The fourth-order valence-electron chi connectivity index (χ4n) is 8.70. The molecule has 63 heavy (non-hydrogen) atoms. The fraction of sp³-hybridized carbons (Fsp3) is 0.652. The summed E-state index contributed by atoms with van der Waals surface area (Å²) < 4.78 is 15.3. The number of nitrogens with one attached hydrogen (secondary N) is 4. The summed E-state index contributed by atoms with van der Waals surface area (Å²) in [6.07, 6.45) is 2.55. The van der Waals surface area contributed by atoms with Crippen molar-refractivity contribution in [1.82, 2.24) is 35.6 Å². The van der Waals surface area contributed by atoms with Gasteiger partial charge in [-0.05, 0) is 74.5 Å². The van der Waals surface area contributed by atoms with E-state index in [-0.39, 0.29) is 66.7 Å². The molecule has 1 aliphatic rings. The Labute approximate surface area is 392 Å². The van der Waals surface area contributed by atoms with Crippen molar-refractivity contribution in [2.45, 2.75) is 130 Å². The van der Waals surface area contributed by atoms with Crippen LogP contribution in [0.4, 0.5) is 5.69 Å². The Morgan fingerprint density at radius 3 is 2.13 bits per heavy atom. The molecule has 352 valence electrons. The molecule has 1 fully saturated rings. The van der Waals surface area contributed by atoms with Gasteiger partial charge in [-0.2, -0.15) is 0 Å². The van der Waals surface area contributed by atoms with E-state index in [1.807, 2.05) is 96.9 Å². The minimum atomic E-state index is -0.919. The van der Waals surface area contributed by atoms with Gasteiger partial charge in [0.1, 0.15) is 12.1 Å². The average Bonchev–Trinajstić information content (AvgIpc) is 3.74. The van der Waals surface area contributed by atoms with E-state index >= 15 is 0 Å². The molecule has 0 unspecified atom stereocenters. The van der Waals surface area contributed by atoms with Crippen molar-refractivity contribution >= 4 is 65.5 Å². The lowest BCUT2D eigenvalue weighted by molar-refractivity contribution is -0.148. The average molecular weight is 1010 g/mol. The minimum Gasteiger partial charge on any atom is -0.379 e. The van der Waals surface area contributed by atoms with Gasteiger partial charge in [-0.15, -0.1) is 0 Å². The van der Waals surface area contributed by atoms with Gasteiger partial charge in [0.05, 0.1) is 42.7 Å². The molecular weight excluding hydrogens is 936 g/mol. The molecule has 0 aliphatic carbocycles. The Balaban J connectivity index is 1.79. The molecule has 15 nitrogen and oxygen atoms in total. The molecule has 1 aromatic carbocycles. The molecule has 1 saturated heterocycles. The lowest BCUT2D eigenvalue weighted by Crippen LogP contribution is -2.59. The number of aromatic nitrogens is 1. The van der Waals surface area contributed by atoms with Crippen molar-refractivity contribution in [3.8, 4) is 0 Å². The number of methoxy groups -OCH3 is 2. The Bertz CT molecular complexity index is 1750. The molecule has 0 saturated carbocycles. The zero-order valence-corrected chi connectivity index (χ0v) is 42.3. The number of rotatable bonds is 25. The van der Waals surface area contributed by atoms with E-state index in [0.29, 0.717) is 25.1 Å². The SMILES string of the molecule is CC[C@H](C)[C@@H]([C@@H](CC(=O)N1CCC[C@H]1[C@H](OC)[C@@H](C)C(=O)N[C@@H](Cc1ccccn1)C(=O)NCc1ccc(NSI)cc1)OC)N(C)C(=O)[C@@H](NC(=O)[C@H](C(C)C)N(C)C)C(C)C. The quantitative estimate of drug-likeness (QED) is 0.0733. The van der Waals surface area contributed by atoms with Crippen LogP contribution in [0.2, 0.25) is 0 Å². The van der Waals surface area contributed by atoms with Crippen molar-refractivity contribution in [1.29, 1.82) is 0 Å². The number of benzene rings is 1. The highest BCUT2D eigenvalue weighted by Crippen LogP contribution is 2.30. The lowest BCUT2D eigenvalue weighted by Gasteiger charge is -2.41. The predicted octanol–water partition coefficient (Wildman–Crippen LogP) is 5.48. The van der Waals surface area contributed by atoms with Gasteiger partial charge in [0.25, 0.3) is 0 Å². The fourth-order valence-corrected chi connectivity index (χ4v) is 9.69. The maximum absolute atomic E-state index is 14.4. The highest BCUT2D eigenvalue weighted by molar-refractivity contribution is 14.2. The van der Waals surface area contributed by atoms with Crippen LogP contribution in [-0.4, -0.2) is 134 Å². The van der Waals surface area contributed by atoms with Gasteiger partial charge in [0, 0.05) is 88.7 Å². The van der Waals surface area contributed by atoms with Crippen molar-refractivity contribution in [3.63, 3.8) is 0 Å². The van der Waals surface area contributed by atoms with Crippen LogP contribution in [0.1, 0.15) is 85.4 Å². The number of amides is 5. The summed E-state index contributed by atoms with van der Waals surface area (Å²) in [5.74, 6) is -2.30. The largest absolute Gasteiger partial charge is 0.379 e. The van der Waals surface area contributed by atoms with Gasteiger partial charge in [-0.3, -0.25) is 33.9 Å². The zero-order chi connectivity index (χ0) is 47.0. The number of carbonyl (C=O) groups excluding carboxylic acids is 5. The molecule has 4 N–H and O–H groups in total. The first-order valence-corrected chi connectivity index (χ1v) is 25.4. The monoisotopic (exact) mass is 1010 g/mol. The van der Waals surface area contributed by atoms with Crippen molar-refractivity contribution in [2.24, 2.45) is 23.7 Å². The van der Waals surface area contributed by atoms with Gasteiger partial charge in [0.2, 0.25) is 29.5 Å². The third-order valence-electron chi connectivity index (χ3n) is 12.3. The van der Waals surface area contributed by atoms with E-state index in [0.717, 1.165) is 17.7 Å².